The van der Waals surface area contributed by atoms with Crippen molar-refractivity contribution in [2.24, 2.45) is 11.8 Å². The fraction of sp³-hybridized carbons (Fsp3) is 0.581. The Morgan fingerprint density at radius 3 is 2.48 bits per heavy atom. The molecule has 0 bridgehead atoms. The summed E-state index contributed by atoms with van der Waals surface area (Å²) in [6.45, 7) is 2.88. The molecule has 1 N–H and O–H groups in total. The molecule has 218 valence electrons. The number of anilines is 1. The number of carbonyl (C=O) groups is 1. The fourth-order valence-electron chi connectivity index (χ4n) is 6.34. The van der Waals surface area contributed by atoms with Gasteiger partial charge < -0.3 is 19.5 Å². The van der Waals surface area contributed by atoms with Crippen molar-refractivity contribution in [2.75, 3.05) is 38.3 Å². The first-order valence-electron chi connectivity index (χ1n) is 14.4. The maximum atomic E-state index is 13.6. The number of halogens is 3. The Kier molecular flexibility index (Phi) is 8.78. The number of carboxylic acids is 1. The van der Waals surface area contributed by atoms with Crippen molar-refractivity contribution in [1.29, 1.82) is 0 Å². The van der Waals surface area contributed by atoms with Crippen molar-refractivity contribution in [3.63, 3.8) is 0 Å². The van der Waals surface area contributed by atoms with E-state index in [-0.39, 0.29) is 25.3 Å². The predicted octanol–water partition coefficient (Wildman–Crippen LogP) is 6.49. The number of ether oxygens (including phenoxy) is 2. The third-order valence-corrected chi connectivity index (χ3v) is 8.72. The van der Waals surface area contributed by atoms with Crippen LogP contribution >= 0.6 is 0 Å². The van der Waals surface area contributed by atoms with Gasteiger partial charge in [0.1, 0.15) is 17.5 Å². The molecule has 1 saturated carbocycles. The highest BCUT2D eigenvalue weighted by Crippen LogP contribution is 2.45. The van der Waals surface area contributed by atoms with E-state index in [2.05, 4.69) is 4.90 Å². The van der Waals surface area contributed by atoms with Crippen LogP contribution in [0.3, 0.4) is 0 Å². The highest BCUT2D eigenvalue weighted by molar-refractivity contribution is 5.68. The van der Waals surface area contributed by atoms with Crippen LogP contribution in [-0.4, -0.2) is 61.5 Å². The number of aliphatic carboxylic acids is 1. The van der Waals surface area contributed by atoms with Gasteiger partial charge in [0.25, 0.3) is 0 Å². The molecule has 0 radical (unpaired) electrons. The zero-order chi connectivity index (χ0) is 28.3. The van der Waals surface area contributed by atoms with E-state index in [0.29, 0.717) is 37.2 Å². The lowest BCUT2D eigenvalue weighted by Gasteiger charge is -2.36. The van der Waals surface area contributed by atoms with Crippen molar-refractivity contribution in [1.82, 2.24) is 4.90 Å². The maximum Gasteiger partial charge on any atom is 0.404 e. The molecule has 1 unspecified atom stereocenters. The molecule has 2 atom stereocenters. The number of alkyl halides is 3. The van der Waals surface area contributed by atoms with Gasteiger partial charge in [0, 0.05) is 31.4 Å². The summed E-state index contributed by atoms with van der Waals surface area (Å²) in [7, 11) is 1.60. The lowest BCUT2D eigenvalue weighted by molar-refractivity contribution is -0.177. The predicted molar refractivity (Wildman–Crippen MR) is 147 cm³/mol. The van der Waals surface area contributed by atoms with E-state index < -0.39 is 18.2 Å². The van der Waals surface area contributed by atoms with Gasteiger partial charge in [-0.25, -0.2) is 0 Å². The number of likely N-dealkylation sites (tertiary alicyclic amines) is 1. The zero-order valence-corrected chi connectivity index (χ0v) is 23.0. The van der Waals surface area contributed by atoms with Crippen LogP contribution in [0.2, 0.25) is 0 Å². The largest absolute Gasteiger partial charge is 0.497 e. The highest BCUT2D eigenvalue weighted by Gasteiger charge is 2.45. The minimum Gasteiger partial charge on any atom is -0.497 e. The van der Waals surface area contributed by atoms with E-state index >= 15 is 0 Å². The van der Waals surface area contributed by atoms with Crippen molar-refractivity contribution in [2.45, 2.75) is 69.6 Å². The molecule has 0 amide bonds. The van der Waals surface area contributed by atoms with Crippen molar-refractivity contribution in [3.8, 4) is 11.5 Å². The average molecular weight is 561 g/mol. The molecule has 5 rings (SSSR count). The van der Waals surface area contributed by atoms with Gasteiger partial charge >= 0.3 is 12.1 Å². The maximum absolute atomic E-state index is 13.6. The molecule has 3 aliphatic rings. The Labute approximate surface area is 234 Å². The van der Waals surface area contributed by atoms with Crippen LogP contribution in [0.4, 0.5) is 18.9 Å². The summed E-state index contributed by atoms with van der Waals surface area (Å²) >= 11 is 0. The third kappa shape index (κ3) is 7.03. The van der Waals surface area contributed by atoms with Crippen molar-refractivity contribution >= 4 is 11.7 Å². The number of carboxylic acid groups (broad SMARTS) is 1. The van der Waals surface area contributed by atoms with Crippen LogP contribution in [0.5, 0.6) is 11.5 Å². The number of nitrogens with zero attached hydrogens (tertiary/aromatic N) is 2. The Morgan fingerprint density at radius 1 is 1.02 bits per heavy atom. The SMILES string of the molecule is COc1ccc(CN2CCCC2C(F)(F)F)c(N2CCC(COc3cccc([C@@H](CC(=O)O)C4CC4)c3)CC2)c1. The van der Waals surface area contributed by atoms with E-state index in [1.807, 2.05) is 42.5 Å². The first kappa shape index (κ1) is 28.6. The smallest absolute Gasteiger partial charge is 0.404 e. The monoisotopic (exact) mass is 560 g/mol. The zero-order valence-electron chi connectivity index (χ0n) is 23.0. The van der Waals surface area contributed by atoms with Crippen LogP contribution in [0, 0.1) is 11.8 Å². The summed E-state index contributed by atoms with van der Waals surface area (Å²) in [6.07, 6.45) is 0.636. The van der Waals surface area contributed by atoms with Crippen LogP contribution in [-0.2, 0) is 11.3 Å². The normalized spacial score (nSPS) is 21.4. The number of piperidine rings is 1. The Balaban J connectivity index is 1.19. The number of hydrogen-bond acceptors (Lipinski definition) is 5. The fourth-order valence-corrected chi connectivity index (χ4v) is 6.34. The molecule has 2 aliphatic heterocycles. The van der Waals surface area contributed by atoms with Gasteiger partial charge in [0.2, 0.25) is 0 Å². The van der Waals surface area contributed by atoms with Crippen LogP contribution in [0.25, 0.3) is 0 Å². The van der Waals surface area contributed by atoms with E-state index in [0.717, 1.165) is 61.3 Å². The van der Waals surface area contributed by atoms with Gasteiger partial charge in [0.05, 0.1) is 20.1 Å². The van der Waals surface area contributed by atoms with Crippen LogP contribution in [0.15, 0.2) is 42.5 Å². The molecule has 2 saturated heterocycles. The van der Waals surface area contributed by atoms with Crippen molar-refractivity contribution < 1.29 is 32.5 Å². The molecular formula is C31H39F3N2O4. The van der Waals surface area contributed by atoms with Crippen LogP contribution < -0.4 is 14.4 Å². The quantitative estimate of drug-likeness (QED) is 0.339. The minimum absolute atomic E-state index is 0.0355. The molecular weight excluding hydrogens is 521 g/mol. The standard InChI is InChI=1S/C31H39F3N2O4/c1-39-25-10-9-24(19-36-13-3-6-29(36)31(32,33)34)28(17-25)35-14-11-21(12-15-35)20-40-26-5-2-4-23(16-26)27(18-30(37)38)22-7-8-22/h2,4-5,9-10,16-17,21-22,27,29H,3,6-8,11-15,18-20H2,1H3,(H,37,38)/t27-,29?/m0/s1. The number of benzene rings is 2. The second-order valence-corrected chi connectivity index (χ2v) is 11.5. The van der Waals surface area contributed by atoms with Gasteiger partial charge in [-0.2, -0.15) is 13.2 Å². The number of hydrogen-bond donors (Lipinski definition) is 1. The van der Waals surface area contributed by atoms with Gasteiger partial charge in [0.15, 0.2) is 0 Å². The van der Waals surface area contributed by atoms with E-state index in [1.165, 1.54) is 0 Å². The Morgan fingerprint density at radius 2 is 1.80 bits per heavy atom. The molecule has 1 aliphatic carbocycles. The van der Waals surface area contributed by atoms with E-state index in [9.17, 15) is 23.1 Å². The summed E-state index contributed by atoms with van der Waals surface area (Å²) in [4.78, 5) is 15.2. The van der Waals surface area contributed by atoms with E-state index in [1.54, 1.807) is 12.0 Å². The second-order valence-electron chi connectivity index (χ2n) is 11.5. The lowest BCUT2D eigenvalue weighted by Crippen LogP contribution is -2.41. The summed E-state index contributed by atoms with van der Waals surface area (Å²) in [5, 5.41) is 9.34. The molecule has 0 spiro atoms. The lowest BCUT2D eigenvalue weighted by atomic mass is 9.91. The first-order chi connectivity index (χ1) is 19.2. The molecule has 2 aromatic carbocycles. The molecule has 2 heterocycles. The molecule has 40 heavy (non-hydrogen) atoms. The van der Waals surface area contributed by atoms with Gasteiger partial charge in [-0.15, -0.1) is 0 Å². The summed E-state index contributed by atoms with van der Waals surface area (Å²) in [5.74, 6) is 1.55. The average Bonchev–Trinajstić information content (AvgIpc) is 3.67. The number of methoxy groups -OCH3 is 1. The topological polar surface area (TPSA) is 62.2 Å². The van der Waals surface area contributed by atoms with Crippen LogP contribution in [0.1, 0.15) is 62.0 Å². The molecule has 3 fully saturated rings. The Hall–Kier alpha value is -2.94. The summed E-state index contributed by atoms with van der Waals surface area (Å²) in [5.41, 5.74) is 2.88. The van der Waals surface area contributed by atoms with E-state index in [4.69, 9.17) is 9.47 Å². The first-order valence-corrected chi connectivity index (χ1v) is 14.4. The summed E-state index contributed by atoms with van der Waals surface area (Å²) < 4.78 is 52.3. The molecule has 2 aromatic rings. The third-order valence-electron chi connectivity index (χ3n) is 8.72. The molecule has 0 aromatic heterocycles. The molecule has 9 heteroatoms. The molecule has 6 nitrogen and oxygen atoms in total. The summed E-state index contributed by atoms with van der Waals surface area (Å²) in [6, 6.07) is 12.2. The van der Waals surface area contributed by atoms with Gasteiger partial charge in [-0.05, 0) is 92.1 Å². The second kappa shape index (κ2) is 12.3. The van der Waals surface area contributed by atoms with Gasteiger partial charge in [-0.1, -0.05) is 18.2 Å². The Bertz CT molecular complexity index is 1160. The number of rotatable bonds is 11. The van der Waals surface area contributed by atoms with Crippen molar-refractivity contribution in [3.05, 3.63) is 53.6 Å². The van der Waals surface area contributed by atoms with Gasteiger partial charge in [-0.3, -0.25) is 9.69 Å². The minimum atomic E-state index is -4.21. The highest BCUT2D eigenvalue weighted by atomic mass is 19.4.